The lowest BCUT2D eigenvalue weighted by Crippen LogP contribution is -2.29. The third kappa shape index (κ3) is 6.56. The summed E-state index contributed by atoms with van der Waals surface area (Å²) < 4.78 is 50.4. The molecule has 0 unspecified atom stereocenters. The fourth-order valence-corrected chi connectivity index (χ4v) is 8.01. The van der Waals surface area contributed by atoms with Crippen LogP contribution >= 0.6 is 7.37 Å². The Hall–Kier alpha value is -3.02. The monoisotopic (exact) mass is 505 g/mol. The minimum atomic E-state index is -3.98. The molecule has 0 radical (unpaired) electrons. The van der Waals surface area contributed by atoms with Gasteiger partial charge in [0.1, 0.15) is 5.78 Å². The summed E-state index contributed by atoms with van der Waals surface area (Å²) >= 11 is 0. The molecule has 0 saturated carbocycles. The predicted octanol–water partition coefficient (Wildman–Crippen LogP) is 6.67. The summed E-state index contributed by atoms with van der Waals surface area (Å²) in [5.74, 6) is -1.07. The first-order valence-corrected chi connectivity index (χ1v) is 14.7. The summed E-state index contributed by atoms with van der Waals surface area (Å²) in [5.41, 5.74) is 3.19. The highest BCUT2D eigenvalue weighted by atomic mass is 32.2. The van der Waals surface area contributed by atoms with Gasteiger partial charge in [0.25, 0.3) is 0 Å². The van der Waals surface area contributed by atoms with Crippen molar-refractivity contribution < 1.29 is 17.5 Å². The van der Waals surface area contributed by atoms with Crippen LogP contribution in [-0.2, 0) is 31.9 Å². The number of hydrogen-bond donors (Lipinski definition) is 1. The van der Waals surface area contributed by atoms with Crippen LogP contribution in [-0.4, -0.2) is 8.42 Å². The normalized spacial score (nSPS) is 14.2. The van der Waals surface area contributed by atoms with Crippen molar-refractivity contribution in [2.45, 2.75) is 30.4 Å². The lowest BCUT2D eigenvalue weighted by molar-refractivity contribution is 0.293. The Morgan fingerprint density at radius 1 is 0.743 bits per heavy atom. The maximum Gasteiger partial charge on any atom is 0.241 e. The molecule has 5 nitrogen and oxygen atoms in total. The van der Waals surface area contributed by atoms with E-state index in [0.29, 0.717) is 5.56 Å². The molecule has 0 spiro atoms. The number of hydrogen-bond acceptors (Lipinski definition) is 4. The molecule has 180 valence electrons. The Labute approximate surface area is 207 Å². The molecular formula is C28H28NO4PS. The van der Waals surface area contributed by atoms with Gasteiger partial charge in [-0.1, -0.05) is 109 Å². The molecule has 0 heterocycles. The van der Waals surface area contributed by atoms with Gasteiger partial charge >= 0.3 is 0 Å². The van der Waals surface area contributed by atoms with E-state index in [2.05, 4.69) is 4.72 Å². The molecule has 1 N–H and O–H groups in total. The van der Waals surface area contributed by atoms with Crippen molar-refractivity contribution in [2.24, 2.45) is 0 Å². The zero-order valence-electron chi connectivity index (χ0n) is 19.4. The zero-order chi connectivity index (χ0) is 24.7. The second-order valence-electron chi connectivity index (χ2n) is 8.38. The molecule has 0 bridgehead atoms. The van der Waals surface area contributed by atoms with Crippen LogP contribution in [0, 0.1) is 6.92 Å². The van der Waals surface area contributed by atoms with Gasteiger partial charge in [-0.25, -0.2) is 8.42 Å². The molecule has 4 aromatic carbocycles. The maximum absolute atomic E-state index is 14.7. The van der Waals surface area contributed by atoms with Gasteiger partial charge in [0.15, 0.2) is 0 Å². The van der Waals surface area contributed by atoms with Crippen LogP contribution in [0.1, 0.15) is 28.0 Å². The van der Waals surface area contributed by atoms with Crippen molar-refractivity contribution in [1.82, 2.24) is 4.72 Å². The Morgan fingerprint density at radius 3 is 1.83 bits per heavy atom. The average Bonchev–Trinajstić information content (AvgIpc) is 2.88. The van der Waals surface area contributed by atoms with E-state index < -0.39 is 23.2 Å². The van der Waals surface area contributed by atoms with Crippen LogP contribution in [0.15, 0.2) is 120 Å². The van der Waals surface area contributed by atoms with E-state index in [-0.39, 0.29) is 17.7 Å². The second kappa shape index (κ2) is 11.1. The summed E-state index contributed by atoms with van der Waals surface area (Å²) in [7, 11) is -7.64. The van der Waals surface area contributed by atoms with E-state index in [4.69, 9.17) is 4.52 Å². The molecule has 0 fully saturated rings. The van der Waals surface area contributed by atoms with E-state index in [1.54, 1.807) is 48.5 Å². The van der Waals surface area contributed by atoms with Crippen LogP contribution in [0.25, 0.3) is 0 Å². The van der Waals surface area contributed by atoms with Crippen molar-refractivity contribution in [3.05, 3.63) is 138 Å². The van der Waals surface area contributed by atoms with E-state index in [9.17, 15) is 13.0 Å². The smallest absolute Gasteiger partial charge is 0.241 e. The maximum atomic E-state index is 14.7. The van der Waals surface area contributed by atoms with Gasteiger partial charge in [0.2, 0.25) is 17.4 Å². The highest BCUT2D eigenvalue weighted by molar-refractivity contribution is 7.89. The Kier molecular flexibility index (Phi) is 7.99. The number of rotatable bonds is 10. The molecule has 4 aromatic rings. The third-order valence-corrected chi connectivity index (χ3v) is 9.84. The summed E-state index contributed by atoms with van der Waals surface area (Å²) in [6.45, 7) is 1.99. The molecule has 0 saturated heterocycles. The van der Waals surface area contributed by atoms with Crippen LogP contribution < -0.4 is 4.72 Å². The van der Waals surface area contributed by atoms with E-state index >= 15 is 0 Å². The van der Waals surface area contributed by atoms with Gasteiger partial charge in [-0.3, -0.25) is 4.57 Å². The number of benzene rings is 4. The van der Waals surface area contributed by atoms with Crippen LogP contribution in [0.4, 0.5) is 0 Å². The van der Waals surface area contributed by atoms with Crippen molar-refractivity contribution in [2.75, 3.05) is 0 Å². The molecule has 0 aromatic heterocycles. The number of sulfonamides is 1. The molecule has 2 atom stereocenters. The fraction of sp³-hybridized carbons (Fsp3) is 0.143. The summed E-state index contributed by atoms with van der Waals surface area (Å²) in [6.07, 6.45) is 0.0800. The first kappa shape index (κ1) is 25.1. The van der Waals surface area contributed by atoms with E-state index in [0.717, 1.165) is 16.7 Å². The number of aryl methyl sites for hydroxylation is 1. The van der Waals surface area contributed by atoms with Crippen molar-refractivity contribution in [1.29, 1.82) is 0 Å². The van der Waals surface area contributed by atoms with Gasteiger partial charge in [-0.2, -0.15) is 4.72 Å². The predicted molar refractivity (Wildman–Crippen MR) is 140 cm³/mol. The summed E-state index contributed by atoms with van der Waals surface area (Å²) in [4.78, 5) is 0.110. The molecule has 0 aliphatic carbocycles. The van der Waals surface area contributed by atoms with Crippen LogP contribution in [0.5, 0.6) is 0 Å². The lowest BCUT2D eigenvalue weighted by Gasteiger charge is -2.29. The van der Waals surface area contributed by atoms with Crippen molar-refractivity contribution in [3.63, 3.8) is 0 Å². The first-order valence-electron chi connectivity index (χ1n) is 11.3. The molecule has 0 aliphatic heterocycles. The molecule has 4 rings (SSSR count). The summed E-state index contributed by atoms with van der Waals surface area (Å²) in [6, 6.07) is 34.3. The van der Waals surface area contributed by atoms with E-state index in [1.165, 1.54) is 0 Å². The first-order chi connectivity index (χ1) is 16.9. The van der Waals surface area contributed by atoms with Gasteiger partial charge in [-0.05, 0) is 35.7 Å². The van der Waals surface area contributed by atoms with Crippen molar-refractivity contribution in [3.8, 4) is 0 Å². The number of nitrogens with one attached hydrogen (secondary N) is 1. The lowest BCUT2D eigenvalue weighted by atomic mass is 10.2. The summed E-state index contributed by atoms with van der Waals surface area (Å²) in [5, 5.41) is 0. The fourth-order valence-electron chi connectivity index (χ4n) is 3.75. The van der Waals surface area contributed by atoms with Gasteiger partial charge < -0.3 is 4.52 Å². The minimum Gasteiger partial charge on any atom is -0.322 e. The average molecular weight is 506 g/mol. The minimum absolute atomic E-state index is 0.0800. The van der Waals surface area contributed by atoms with Crippen LogP contribution in [0.3, 0.4) is 0 Å². The second-order valence-corrected chi connectivity index (χ2v) is 12.6. The SMILES string of the molecule is Cc1ccc(S(=O)(=O)N[C@@H](c2ccccc2)[P@](=O)(Cc2ccccc2)OCc2ccccc2)cc1. The molecule has 35 heavy (non-hydrogen) atoms. The molecular weight excluding hydrogens is 477 g/mol. The molecule has 7 heteroatoms. The molecule has 0 amide bonds. The highest BCUT2D eigenvalue weighted by Gasteiger charge is 2.39. The zero-order valence-corrected chi connectivity index (χ0v) is 21.2. The Balaban J connectivity index is 1.76. The standard InChI is InChI=1S/C28H28NO4PS/c1-23-17-19-27(20-18-23)35(31,32)29-28(26-15-9-4-10-16-26)34(30,22-25-13-7-3-8-14-25)33-21-24-11-5-2-6-12-24/h2-20,28-29H,21-22H2,1H3/t28-,34+/m1/s1. The van der Waals surface area contributed by atoms with Crippen molar-refractivity contribution >= 4 is 17.4 Å². The van der Waals surface area contributed by atoms with Crippen LogP contribution in [0.2, 0.25) is 0 Å². The van der Waals surface area contributed by atoms with Gasteiger partial charge in [0.05, 0.1) is 17.7 Å². The topological polar surface area (TPSA) is 72.5 Å². The quantitative estimate of drug-likeness (QED) is 0.244. The van der Waals surface area contributed by atoms with Gasteiger partial charge in [-0.15, -0.1) is 0 Å². The molecule has 0 aliphatic rings. The Morgan fingerprint density at radius 2 is 1.26 bits per heavy atom. The largest absolute Gasteiger partial charge is 0.322 e. The van der Waals surface area contributed by atoms with E-state index in [1.807, 2.05) is 73.7 Å². The highest BCUT2D eigenvalue weighted by Crippen LogP contribution is 2.62. The third-order valence-electron chi connectivity index (χ3n) is 5.65. The van der Waals surface area contributed by atoms with Gasteiger partial charge in [0, 0.05) is 0 Å². The Bertz CT molecular complexity index is 1380.